The summed E-state index contributed by atoms with van der Waals surface area (Å²) in [5, 5.41) is 21.9. The first kappa shape index (κ1) is 16.9. The summed E-state index contributed by atoms with van der Waals surface area (Å²) in [5.74, 6) is -0.132. The van der Waals surface area contributed by atoms with E-state index in [1.807, 2.05) is 19.2 Å². The monoisotopic (exact) mass is 355 g/mol. The second kappa shape index (κ2) is 7.01. The smallest absolute Gasteiger partial charge is 0.148 e. The van der Waals surface area contributed by atoms with E-state index in [-0.39, 0.29) is 17.8 Å². The molecule has 1 aliphatic heterocycles. The van der Waals surface area contributed by atoms with Crippen molar-refractivity contribution in [3.63, 3.8) is 0 Å². The molecule has 2 atom stereocenters. The average Bonchev–Trinajstić information content (AvgIpc) is 3.31. The molecular formula is C19H22FN5O. The molecule has 0 bridgehead atoms. The summed E-state index contributed by atoms with van der Waals surface area (Å²) in [6.45, 7) is 4.08. The maximum absolute atomic E-state index is 13.9. The average molecular weight is 355 g/mol. The summed E-state index contributed by atoms with van der Waals surface area (Å²) in [7, 11) is 0. The van der Waals surface area contributed by atoms with Crippen LogP contribution in [-0.2, 0) is 13.0 Å². The fourth-order valence-corrected chi connectivity index (χ4v) is 3.59. The molecule has 6 nitrogen and oxygen atoms in total. The molecule has 2 N–H and O–H groups in total. The minimum atomic E-state index is -0.367. The zero-order chi connectivity index (χ0) is 18.1. The standard InChI is InChI=1S/C19H22FN5O/c1-13-6-16(23-22-13)7-15-11-24(12-19(15)26)9-14-8-21-25(10-14)18-5-3-2-4-17(18)20/h2-6,8,10,15,19,26H,7,9,11-12H2,1H3,(H,22,23)/t15-,19-/m1/s1. The van der Waals surface area contributed by atoms with E-state index < -0.39 is 0 Å². The molecule has 1 aromatic carbocycles. The van der Waals surface area contributed by atoms with Crippen molar-refractivity contribution in [1.29, 1.82) is 0 Å². The summed E-state index contributed by atoms with van der Waals surface area (Å²) in [4.78, 5) is 2.21. The number of para-hydroxylation sites is 1. The maximum atomic E-state index is 13.9. The van der Waals surface area contributed by atoms with Crippen molar-refractivity contribution in [2.75, 3.05) is 13.1 Å². The lowest BCUT2D eigenvalue weighted by atomic mass is 10.0. The van der Waals surface area contributed by atoms with Gasteiger partial charge in [-0.1, -0.05) is 12.1 Å². The van der Waals surface area contributed by atoms with Crippen LogP contribution in [0, 0.1) is 18.7 Å². The number of aliphatic hydroxyl groups excluding tert-OH is 1. The van der Waals surface area contributed by atoms with Crippen LogP contribution in [0.15, 0.2) is 42.7 Å². The Morgan fingerprint density at radius 1 is 1.31 bits per heavy atom. The van der Waals surface area contributed by atoms with E-state index in [0.29, 0.717) is 18.8 Å². The van der Waals surface area contributed by atoms with E-state index in [1.54, 1.807) is 29.1 Å². The Kier molecular flexibility index (Phi) is 4.57. The van der Waals surface area contributed by atoms with Crippen molar-refractivity contribution in [3.8, 4) is 5.69 Å². The molecule has 3 aromatic rings. The third kappa shape index (κ3) is 3.54. The first-order valence-electron chi connectivity index (χ1n) is 8.78. The lowest BCUT2D eigenvalue weighted by Gasteiger charge is -2.13. The number of H-pyrrole nitrogens is 1. The largest absolute Gasteiger partial charge is 0.391 e. The summed E-state index contributed by atoms with van der Waals surface area (Å²) in [6.07, 6.45) is 3.99. The van der Waals surface area contributed by atoms with E-state index in [9.17, 15) is 9.50 Å². The number of benzene rings is 1. The van der Waals surface area contributed by atoms with Crippen LogP contribution in [0.4, 0.5) is 4.39 Å². The lowest BCUT2D eigenvalue weighted by molar-refractivity contribution is 0.140. The van der Waals surface area contributed by atoms with E-state index in [1.165, 1.54) is 6.07 Å². The number of aliphatic hydroxyl groups is 1. The van der Waals surface area contributed by atoms with Gasteiger partial charge in [-0.2, -0.15) is 10.2 Å². The molecule has 1 saturated heterocycles. The minimum absolute atomic E-state index is 0.166. The summed E-state index contributed by atoms with van der Waals surface area (Å²) in [5.41, 5.74) is 3.45. The highest BCUT2D eigenvalue weighted by Gasteiger charge is 2.31. The van der Waals surface area contributed by atoms with Crippen LogP contribution in [0.3, 0.4) is 0 Å². The summed E-state index contributed by atoms with van der Waals surface area (Å²) in [6, 6.07) is 8.60. The Balaban J connectivity index is 1.40. The summed E-state index contributed by atoms with van der Waals surface area (Å²) >= 11 is 0. The predicted molar refractivity (Wildman–Crippen MR) is 95.3 cm³/mol. The highest BCUT2D eigenvalue weighted by Crippen LogP contribution is 2.23. The van der Waals surface area contributed by atoms with Gasteiger partial charge in [-0.05, 0) is 31.5 Å². The van der Waals surface area contributed by atoms with Crippen molar-refractivity contribution >= 4 is 0 Å². The molecule has 0 saturated carbocycles. The third-order valence-corrected chi connectivity index (χ3v) is 4.85. The lowest BCUT2D eigenvalue weighted by Crippen LogP contribution is -2.21. The van der Waals surface area contributed by atoms with Crippen LogP contribution in [0.5, 0.6) is 0 Å². The number of nitrogens with one attached hydrogen (secondary N) is 1. The molecule has 0 radical (unpaired) electrons. The number of nitrogens with zero attached hydrogens (tertiary/aromatic N) is 4. The number of aryl methyl sites for hydroxylation is 1. The van der Waals surface area contributed by atoms with Gasteiger partial charge in [0.1, 0.15) is 11.5 Å². The molecule has 1 fully saturated rings. The topological polar surface area (TPSA) is 70.0 Å². The van der Waals surface area contributed by atoms with Crippen LogP contribution in [0.1, 0.15) is 17.0 Å². The van der Waals surface area contributed by atoms with E-state index in [2.05, 4.69) is 20.2 Å². The first-order valence-corrected chi connectivity index (χ1v) is 8.78. The van der Waals surface area contributed by atoms with E-state index in [0.717, 1.165) is 29.9 Å². The molecule has 0 amide bonds. The molecule has 2 aromatic heterocycles. The van der Waals surface area contributed by atoms with Gasteiger partial charge in [0.15, 0.2) is 0 Å². The highest BCUT2D eigenvalue weighted by atomic mass is 19.1. The quantitative estimate of drug-likeness (QED) is 0.735. The van der Waals surface area contributed by atoms with E-state index in [4.69, 9.17) is 0 Å². The number of β-amino-alcohol motifs (C(OH)–C–C–N with tert-alkyl or cyclic N) is 1. The fourth-order valence-electron chi connectivity index (χ4n) is 3.59. The van der Waals surface area contributed by atoms with E-state index >= 15 is 0 Å². The number of rotatable bonds is 5. The molecule has 136 valence electrons. The molecule has 3 heterocycles. The number of aromatic amines is 1. The molecule has 1 aliphatic rings. The SMILES string of the molecule is Cc1cc(C[C@@H]2CN(Cc3cnn(-c4ccccc4F)c3)C[C@H]2O)n[nH]1. The Labute approximate surface area is 151 Å². The zero-order valence-electron chi connectivity index (χ0n) is 14.6. The zero-order valence-corrected chi connectivity index (χ0v) is 14.6. The van der Waals surface area contributed by atoms with Gasteiger partial charge in [0.25, 0.3) is 0 Å². The van der Waals surface area contributed by atoms with Crippen molar-refractivity contribution in [2.24, 2.45) is 5.92 Å². The first-order chi connectivity index (χ1) is 12.6. The second-order valence-electron chi connectivity index (χ2n) is 7.01. The molecule has 0 aliphatic carbocycles. The van der Waals surface area contributed by atoms with Crippen molar-refractivity contribution in [1.82, 2.24) is 24.9 Å². The molecule has 0 unspecified atom stereocenters. The molecule has 0 spiro atoms. The number of likely N-dealkylation sites (tertiary alicyclic amines) is 1. The van der Waals surface area contributed by atoms with Crippen LogP contribution >= 0.6 is 0 Å². The second-order valence-corrected chi connectivity index (χ2v) is 7.01. The normalized spacial score (nSPS) is 20.7. The van der Waals surface area contributed by atoms with Gasteiger partial charge < -0.3 is 5.11 Å². The van der Waals surface area contributed by atoms with Gasteiger partial charge in [0, 0.05) is 43.0 Å². The number of hydrogen-bond acceptors (Lipinski definition) is 4. The predicted octanol–water partition coefficient (Wildman–Crippen LogP) is 2.08. The van der Waals surface area contributed by atoms with Crippen molar-refractivity contribution < 1.29 is 9.50 Å². The van der Waals surface area contributed by atoms with Crippen molar-refractivity contribution in [3.05, 3.63) is 65.5 Å². The van der Waals surface area contributed by atoms with Gasteiger partial charge in [0.05, 0.1) is 18.0 Å². The molecule has 26 heavy (non-hydrogen) atoms. The maximum Gasteiger partial charge on any atom is 0.148 e. The third-order valence-electron chi connectivity index (χ3n) is 4.85. The Hall–Kier alpha value is -2.51. The van der Waals surface area contributed by atoms with Gasteiger partial charge in [-0.25, -0.2) is 9.07 Å². The van der Waals surface area contributed by atoms with Gasteiger partial charge in [-0.15, -0.1) is 0 Å². The number of aromatic nitrogens is 4. The molecule has 7 heteroatoms. The molecule has 4 rings (SSSR count). The minimum Gasteiger partial charge on any atom is -0.391 e. The fraction of sp³-hybridized carbons (Fsp3) is 0.368. The Bertz CT molecular complexity index is 889. The van der Waals surface area contributed by atoms with Crippen LogP contribution in [0.2, 0.25) is 0 Å². The van der Waals surface area contributed by atoms with Gasteiger partial charge in [0.2, 0.25) is 0 Å². The van der Waals surface area contributed by atoms with Gasteiger partial charge >= 0.3 is 0 Å². The highest BCUT2D eigenvalue weighted by molar-refractivity contribution is 5.33. The number of hydrogen-bond donors (Lipinski definition) is 2. The van der Waals surface area contributed by atoms with Crippen LogP contribution < -0.4 is 0 Å². The van der Waals surface area contributed by atoms with Crippen LogP contribution in [-0.4, -0.2) is 49.2 Å². The van der Waals surface area contributed by atoms with Crippen LogP contribution in [0.25, 0.3) is 5.69 Å². The van der Waals surface area contributed by atoms with Crippen molar-refractivity contribution in [2.45, 2.75) is 26.0 Å². The van der Waals surface area contributed by atoms with Gasteiger partial charge in [-0.3, -0.25) is 10.00 Å². The molecular weight excluding hydrogens is 333 g/mol. The number of halogens is 1. The summed E-state index contributed by atoms with van der Waals surface area (Å²) < 4.78 is 15.4. The Morgan fingerprint density at radius 3 is 2.92 bits per heavy atom. The Morgan fingerprint density at radius 2 is 2.15 bits per heavy atom.